The summed E-state index contributed by atoms with van der Waals surface area (Å²) in [5.41, 5.74) is 3.36. The van der Waals surface area contributed by atoms with Crippen LogP contribution in [0.15, 0.2) is 24.3 Å². The van der Waals surface area contributed by atoms with E-state index >= 15 is 0 Å². The van der Waals surface area contributed by atoms with E-state index in [-0.39, 0.29) is 22.8 Å². The number of piperidine rings is 1. The molecular formula is C20H22N2O. The van der Waals surface area contributed by atoms with Gasteiger partial charge < -0.3 is 5.32 Å². The van der Waals surface area contributed by atoms with Crippen LogP contribution < -0.4 is 5.32 Å². The molecule has 118 valence electrons. The van der Waals surface area contributed by atoms with Crippen LogP contribution in [-0.2, 0) is 10.2 Å². The summed E-state index contributed by atoms with van der Waals surface area (Å²) in [6, 6.07) is 9.55. The highest BCUT2D eigenvalue weighted by Gasteiger charge is 2.86. The van der Waals surface area contributed by atoms with Gasteiger partial charge in [-0.1, -0.05) is 18.2 Å². The number of Topliss-reactive ketones (excluding diaryl/α,β-unsaturated/α-hetero) is 1. The van der Waals surface area contributed by atoms with E-state index in [2.05, 4.69) is 34.5 Å². The van der Waals surface area contributed by atoms with Crippen molar-refractivity contribution in [2.45, 2.75) is 49.1 Å². The number of para-hydroxylation sites is 1. The Morgan fingerprint density at radius 1 is 1.13 bits per heavy atom. The molecule has 4 saturated carbocycles. The lowest BCUT2D eigenvalue weighted by molar-refractivity contribution is -0.136. The molecule has 1 N–H and O–H groups in total. The van der Waals surface area contributed by atoms with Crippen molar-refractivity contribution in [2.75, 3.05) is 18.4 Å². The summed E-state index contributed by atoms with van der Waals surface area (Å²) < 4.78 is 0. The van der Waals surface area contributed by atoms with E-state index in [0.29, 0.717) is 17.2 Å². The topological polar surface area (TPSA) is 32.3 Å². The summed E-state index contributed by atoms with van der Waals surface area (Å²) in [6.07, 6.45) is 6.38. The number of hydrogen-bond donors (Lipinski definition) is 1. The lowest BCUT2D eigenvalue weighted by atomic mass is 9.41. The Bertz CT molecular complexity index is 790. The molecule has 2 saturated heterocycles. The quantitative estimate of drug-likeness (QED) is 0.799. The Kier molecular flexibility index (Phi) is 1.70. The molecule has 23 heavy (non-hydrogen) atoms. The number of ketones is 1. The van der Waals surface area contributed by atoms with Crippen LogP contribution in [0.3, 0.4) is 0 Å². The molecular weight excluding hydrogens is 284 g/mol. The molecule has 0 radical (unpaired) electrons. The van der Waals surface area contributed by atoms with Crippen LogP contribution in [0.4, 0.5) is 5.69 Å². The molecule has 4 aliphatic carbocycles. The van der Waals surface area contributed by atoms with Gasteiger partial charge in [0.25, 0.3) is 0 Å². The Labute approximate surface area is 136 Å². The van der Waals surface area contributed by atoms with Crippen molar-refractivity contribution in [3.8, 4) is 0 Å². The van der Waals surface area contributed by atoms with Gasteiger partial charge in [-0.05, 0) is 55.7 Å². The van der Waals surface area contributed by atoms with E-state index in [1.54, 1.807) is 0 Å². The van der Waals surface area contributed by atoms with Gasteiger partial charge in [0.1, 0.15) is 5.78 Å². The van der Waals surface area contributed by atoms with Crippen molar-refractivity contribution in [1.29, 1.82) is 0 Å². The molecule has 0 amide bonds. The fraction of sp³-hybridized carbons (Fsp3) is 0.650. The molecule has 8 rings (SSSR count). The molecule has 4 bridgehead atoms. The SMILES string of the molecule is O=C1C2C[C@@]34CCCN5CC1C1(c6ccccc6NC21CC3)C54. The largest absolute Gasteiger partial charge is 0.378 e. The lowest BCUT2D eigenvalue weighted by Crippen LogP contribution is -2.74. The van der Waals surface area contributed by atoms with E-state index in [9.17, 15) is 4.79 Å². The Morgan fingerprint density at radius 2 is 2.04 bits per heavy atom. The van der Waals surface area contributed by atoms with Gasteiger partial charge in [-0.2, -0.15) is 0 Å². The number of nitrogens with zero attached hydrogens (tertiary/aromatic N) is 1. The van der Waals surface area contributed by atoms with Gasteiger partial charge >= 0.3 is 0 Å². The number of anilines is 1. The van der Waals surface area contributed by atoms with Crippen LogP contribution in [0.1, 0.15) is 37.7 Å². The monoisotopic (exact) mass is 306 g/mol. The summed E-state index contributed by atoms with van der Waals surface area (Å²) in [5.74, 6) is 1.11. The van der Waals surface area contributed by atoms with Gasteiger partial charge in [0.05, 0.1) is 5.54 Å². The highest BCUT2D eigenvalue weighted by atomic mass is 16.1. The standard InChI is InChI=1S/C20H22N2O/c23-16-13-10-18-6-3-9-22-11-14(16)20(17(18)22)12-4-1-2-5-15(12)21-19(13,20)8-7-18/h1-2,4-5,13-14,17,21H,3,6-11H2/t13?,14?,17?,18-,19?,20?/m1/s1. The normalized spacial score (nSPS) is 54.1. The highest BCUT2D eigenvalue weighted by Crippen LogP contribution is 2.79. The van der Waals surface area contributed by atoms with Crippen LogP contribution in [0.5, 0.6) is 0 Å². The number of carbonyl (C=O) groups excluding carboxylic acids is 1. The molecule has 3 spiro atoms. The number of carbonyl (C=O) groups is 1. The summed E-state index contributed by atoms with van der Waals surface area (Å²) >= 11 is 0. The van der Waals surface area contributed by atoms with Crippen molar-refractivity contribution < 1.29 is 4.79 Å². The zero-order chi connectivity index (χ0) is 15.0. The molecule has 3 nitrogen and oxygen atoms in total. The van der Waals surface area contributed by atoms with Crippen LogP contribution in [0.2, 0.25) is 0 Å². The third-order valence-electron chi connectivity index (χ3n) is 8.84. The molecule has 5 unspecified atom stereocenters. The maximum absolute atomic E-state index is 13.4. The van der Waals surface area contributed by atoms with Gasteiger partial charge in [0.2, 0.25) is 0 Å². The number of hydrogen-bond acceptors (Lipinski definition) is 3. The predicted octanol–water partition coefficient (Wildman–Crippen LogP) is 2.57. The number of fused-ring (bicyclic) bond motifs is 2. The first kappa shape index (κ1) is 12.1. The van der Waals surface area contributed by atoms with E-state index in [1.807, 2.05) is 0 Å². The molecule has 3 heteroatoms. The van der Waals surface area contributed by atoms with Gasteiger partial charge in [-0.15, -0.1) is 0 Å². The average Bonchev–Trinajstić information content (AvgIpc) is 3.13. The third-order valence-corrected chi connectivity index (χ3v) is 8.84. The maximum Gasteiger partial charge on any atom is 0.143 e. The zero-order valence-corrected chi connectivity index (χ0v) is 13.3. The van der Waals surface area contributed by atoms with E-state index < -0.39 is 0 Å². The van der Waals surface area contributed by atoms with E-state index in [1.165, 1.54) is 43.5 Å². The average molecular weight is 306 g/mol. The zero-order valence-electron chi connectivity index (χ0n) is 13.3. The first-order valence-electron chi connectivity index (χ1n) is 9.38. The van der Waals surface area contributed by atoms with Crippen molar-refractivity contribution in [2.24, 2.45) is 17.3 Å². The molecule has 1 aromatic rings. The molecule has 6 fully saturated rings. The molecule has 6 atom stereocenters. The Hall–Kier alpha value is -1.35. The first-order chi connectivity index (χ1) is 11.2. The van der Waals surface area contributed by atoms with Gasteiger partial charge in [0.15, 0.2) is 0 Å². The van der Waals surface area contributed by atoms with E-state index in [0.717, 1.165) is 13.0 Å². The minimum atomic E-state index is 0.0386. The van der Waals surface area contributed by atoms with Crippen molar-refractivity contribution in [1.82, 2.24) is 4.90 Å². The highest BCUT2D eigenvalue weighted by molar-refractivity contribution is 5.96. The summed E-state index contributed by atoms with van der Waals surface area (Å²) in [6.45, 7) is 2.24. The van der Waals surface area contributed by atoms with Gasteiger partial charge in [0, 0.05) is 35.5 Å². The number of nitrogens with one attached hydrogen (secondary N) is 1. The Morgan fingerprint density at radius 3 is 3.00 bits per heavy atom. The summed E-state index contributed by atoms with van der Waals surface area (Å²) in [7, 11) is 0. The maximum atomic E-state index is 13.4. The van der Waals surface area contributed by atoms with Crippen LogP contribution in [0.25, 0.3) is 0 Å². The van der Waals surface area contributed by atoms with Gasteiger partial charge in [-0.25, -0.2) is 0 Å². The Balaban J connectivity index is 1.64. The number of rotatable bonds is 0. The summed E-state index contributed by atoms with van der Waals surface area (Å²) in [4.78, 5) is 16.1. The summed E-state index contributed by atoms with van der Waals surface area (Å²) in [5, 5.41) is 3.96. The molecule has 0 aromatic heterocycles. The minimum Gasteiger partial charge on any atom is -0.378 e. The fourth-order valence-corrected chi connectivity index (χ4v) is 8.57. The molecule has 1 aromatic carbocycles. The van der Waals surface area contributed by atoms with Gasteiger partial charge in [-0.3, -0.25) is 9.69 Å². The van der Waals surface area contributed by atoms with Crippen LogP contribution >= 0.6 is 0 Å². The third kappa shape index (κ3) is 0.914. The predicted molar refractivity (Wildman–Crippen MR) is 87.3 cm³/mol. The fourth-order valence-electron chi connectivity index (χ4n) is 8.57. The molecule has 3 aliphatic heterocycles. The van der Waals surface area contributed by atoms with Crippen molar-refractivity contribution in [3.05, 3.63) is 29.8 Å². The molecule has 7 aliphatic rings. The second-order valence-corrected chi connectivity index (χ2v) is 9.09. The first-order valence-corrected chi connectivity index (χ1v) is 9.38. The minimum absolute atomic E-state index is 0.0386. The number of benzene rings is 1. The second kappa shape index (κ2) is 3.23. The van der Waals surface area contributed by atoms with Crippen molar-refractivity contribution >= 4 is 11.5 Å². The molecule has 3 heterocycles. The second-order valence-electron chi connectivity index (χ2n) is 9.09. The van der Waals surface area contributed by atoms with E-state index in [4.69, 9.17) is 0 Å². The lowest BCUT2D eigenvalue weighted by Gasteiger charge is -2.67. The van der Waals surface area contributed by atoms with Crippen LogP contribution in [-0.4, -0.2) is 35.4 Å². The smallest absolute Gasteiger partial charge is 0.143 e. The van der Waals surface area contributed by atoms with Crippen molar-refractivity contribution in [3.63, 3.8) is 0 Å². The van der Waals surface area contributed by atoms with Crippen LogP contribution in [0, 0.1) is 17.3 Å².